The van der Waals surface area contributed by atoms with Crippen molar-refractivity contribution in [2.24, 2.45) is 5.10 Å². The molecule has 0 aliphatic carbocycles. The number of methoxy groups -OCH3 is 1. The minimum atomic E-state index is -0.423. The first kappa shape index (κ1) is 17.6. The first-order valence-corrected chi connectivity index (χ1v) is 7.45. The largest absolute Gasteiger partial charge is 0.507 e. The SMILES string of the molecule is COc1ccc(/C=N/NC(=O)COc2ccc(Cl)cc2C)c(O)c1. The Morgan fingerprint density at radius 1 is 1.33 bits per heavy atom. The predicted octanol–water partition coefficient (Wildman–Crippen LogP) is 2.89. The summed E-state index contributed by atoms with van der Waals surface area (Å²) in [4.78, 5) is 11.7. The van der Waals surface area contributed by atoms with E-state index in [0.29, 0.717) is 22.1 Å². The number of halogens is 1. The van der Waals surface area contributed by atoms with Gasteiger partial charge in [0.25, 0.3) is 5.91 Å². The van der Waals surface area contributed by atoms with Gasteiger partial charge in [-0.05, 0) is 42.8 Å². The molecule has 0 aliphatic rings. The van der Waals surface area contributed by atoms with E-state index >= 15 is 0 Å². The number of ether oxygens (including phenoxy) is 2. The van der Waals surface area contributed by atoms with Crippen molar-refractivity contribution in [1.29, 1.82) is 0 Å². The van der Waals surface area contributed by atoms with Gasteiger partial charge in [0.1, 0.15) is 17.2 Å². The number of nitrogens with zero attached hydrogens (tertiary/aromatic N) is 1. The van der Waals surface area contributed by atoms with E-state index in [1.54, 1.807) is 30.3 Å². The van der Waals surface area contributed by atoms with Crippen molar-refractivity contribution in [2.45, 2.75) is 6.92 Å². The highest BCUT2D eigenvalue weighted by molar-refractivity contribution is 6.30. The summed E-state index contributed by atoms with van der Waals surface area (Å²) in [6.07, 6.45) is 1.33. The number of hydrazone groups is 1. The van der Waals surface area contributed by atoms with Gasteiger partial charge in [-0.3, -0.25) is 4.79 Å². The number of phenolic OH excluding ortho intramolecular Hbond substituents is 1. The van der Waals surface area contributed by atoms with Gasteiger partial charge in [0.2, 0.25) is 0 Å². The molecular weight excluding hydrogens is 332 g/mol. The lowest BCUT2D eigenvalue weighted by atomic mass is 10.2. The van der Waals surface area contributed by atoms with E-state index in [-0.39, 0.29) is 12.4 Å². The molecule has 1 amide bonds. The Labute approximate surface area is 144 Å². The van der Waals surface area contributed by atoms with E-state index in [9.17, 15) is 9.90 Å². The van der Waals surface area contributed by atoms with E-state index < -0.39 is 5.91 Å². The lowest BCUT2D eigenvalue weighted by Crippen LogP contribution is -2.24. The number of hydrogen-bond donors (Lipinski definition) is 2. The van der Waals surface area contributed by atoms with Gasteiger partial charge < -0.3 is 14.6 Å². The molecular formula is C17H17ClN2O4. The molecule has 0 radical (unpaired) electrons. The molecule has 0 saturated carbocycles. The molecule has 0 aliphatic heterocycles. The van der Waals surface area contributed by atoms with Crippen molar-refractivity contribution in [3.63, 3.8) is 0 Å². The summed E-state index contributed by atoms with van der Waals surface area (Å²) >= 11 is 5.86. The molecule has 0 unspecified atom stereocenters. The van der Waals surface area contributed by atoms with Crippen LogP contribution >= 0.6 is 11.6 Å². The van der Waals surface area contributed by atoms with Crippen LogP contribution in [0.5, 0.6) is 17.2 Å². The number of nitrogens with one attached hydrogen (secondary N) is 1. The third-order valence-corrected chi connectivity index (χ3v) is 3.36. The summed E-state index contributed by atoms with van der Waals surface area (Å²) < 4.78 is 10.4. The minimum absolute atomic E-state index is 0.000359. The van der Waals surface area contributed by atoms with E-state index in [2.05, 4.69) is 10.5 Å². The zero-order valence-electron chi connectivity index (χ0n) is 13.2. The molecule has 2 N–H and O–H groups in total. The lowest BCUT2D eigenvalue weighted by Gasteiger charge is -2.08. The molecule has 0 bridgehead atoms. The average molecular weight is 349 g/mol. The molecule has 0 saturated heterocycles. The molecule has 7 heteroatoms. The van der Waals surface area contributed by atoms with E-state index in [0.717, 1.165) is 5.56 Å². The van der Waals surface area contributed by atoms with Crippen molar-refractivity contribution < 1.29 is 19.4 Å². The monoisotopic (exact) mass is 348 g/mol. The molecule has 6 nitrogen and oxygen atoms in total. The zero-order chi connectivity index (χ0) is 17.5. The standard InChI is InChI=1S/C17H17ClN2O4/c1-11-7-13(18)4-6-16(11)24-10-17(22)20-19-9-12-3-5-14(23-2)8-15(12)21/h3-9,21H,10H2,1-2H3,(H,20,22)/b19-9+. The maximum Gasteiger partial charge on any atom is 0.277 e. The Balaban J connectivity index is 1.86. The topological polar surface area (TPSA) is 80.2 Å². The Hall–Kier alpha value is -2.73. The van der Waals surface area contributed by atoms with Crippen LogP contribution in [0, 0.1) is 6.92 Å². The first-order valence-electron chi connectivity index (χ1n) is 7.07. The van der Waals surface area contributed by atoms with Gasteiger partial charge in [0.05, 0.1) is 13.3 Å². The smallest absolute Gasteiger partial charge is 0.277 e. The van der Waals surface area contributed by atoms with E-state index in [4.69, 9.17) is 21.1 Å². The molecule has 0 heterocycles. The van der Waals surface area contributed by atoms with Crippen LogP contribution in [0.15, 0.2) is 41.5 Å². The Kier molecular flexibility index (Phi) is 6.03. The van der Waals surface area contributed by atoms with Crippen molar-refractivity contribution in [3.8, 4) is 17.2 Å². The van der Waals surface area contributed by atoms with Crippen LogP contribution in [0.2, 0.25) is 5.02 Å². The predicted molar refractivity (Wildman–Crippen MR) is 92.1 cm³/mol. The second kappa shape index (κ2) is 8.21. The fourth-order valence-corrected chi connectivity index (χ4v) is 2.11. The summed E-state index contributed by atoms with van der Waals surface area (Å²) in [6.45, 7) is 1.65. The number of amides is 1. The Bertz CT molecular complexity index is 762. The molecule has 0 fully saturated rings. The van der Waals surface area contributed by atoms with E-state index in [1.807, 2.05) is 6.92 Å². The van der Waals surface area contributed by atoms with Gasteiger partial charge in [-0.15, -0.1) is 0 Å². The van der Waals surface area contributed by atoms with Crippen molar-refractivity contribution >= 4 is 23.7 Å². The van der Waals surface area contributed by atoms with Crippen LogP contribution in [0.3, 0.4) is 0 Å². The maximum absolute atomic E-state index is 11.7. The van der Waals surface area contributed by atoms with Crippen LogP contribution in [0.25, 0.3) is 0 Å². The molecule has 2 rings (SSSR count). The van der Waals surface area contributed by atoms with Gasteiger partial charge in [0.15, 0.2) is 6.61 Å². The summed E-state index contributed by atoms with van der Waals surface area (Å²) in [5.74, 6) is 0.681. The number of aromatic hydroxyl groups is 1. The fraction of sp³-hybridized carbons (Fsp3) is 0.176. The molecule has 0 aromatic heterocycles. The summed E-state index contributed by atoms with van der Waals surface area (Å²) in [6, 6.07) is 9.89. The quantitative estimate of drug-likeness (QED) is 0.621. The highest BCUT2D eigenvalue weighted by atomic mass is 35.5. The van der Waals surface area contributed by atoms with Gasteiger partial charge in [-0.1, -0.05) is 11.6 Å². The number of aryl methyl sites for hydroxylation is 1. The number of carbonyl (C=O) groups is 1. The number of phenols is 1. The van der Waals surface area contributed by atoms with Crippen molar-refractivity contribution in [3.05, 3.63) is 52.5 Å². The molecule has 2 aromatic rings. The molecule has 24 heavy (non-hydrogen) atoms. The first-order chi connectivity index (χ1) is 11.5. The number of hydrogen-bond acceptors (Lipinski definition) is 5. The van der Waals surface area contributed by atoms with Gasteiger partial charge in [-0.2, -0.15) is 5.10 Å². The third-order valence-electron chi connectivity index (χ3n) is 3.13. The van der Waals surface area contributed by atoms with E-state index in [1.165, 1.54) is 19.4 Å². The second-order valence-electron chi connectivity index (χ2n) is 4.92. The van der Waals surface area contributed by atoms with Crippen LogP contribution in [0.1, 0.15) is 11.1 Å². The second-order valence-corrected chi connectivity index (χ2v) is 5.35. The normalized spacial score (nSPS) is 10.6. The minimum Gasteiger partial charge on any atom is -0.507 e. The van der Waals surface area contributed by atoms with Crippen LogP contribution in [-0.4, -0.2) is 30.9 Å². The highest BCUT2D eigenvalue weighted by Crippen LogP contribution is 2.22. The van der Waals surface area contributed by atoms with Crippen molar-refractivity contribution in [1.82, 2.24) is 5.43 Å². The van der Waals surface area contributed by atoms with Gasteiger partial charge >= 0.3 is 0 Å². The fourth-order valence-electron chi connectivity index (χ4n) is 1.88. The van der Waals surface area contributed by atoms with Crippen LogP contribution in [0.4, 0.5) is 0 Å². The average Bonchev–Trinajstić information content (AvgIpc) is 2.55. The Morgan fingerprint density at radius 3 is 2.79 bits per heavy atom. The zero-order valence-corrected chi connectivity index (χ0v) is 14.0. The molecule has 126 valence electrons. The van der Waals surface area contributed by atoms with Crippen LogP contribution in [-0.2, 0) is 4.79 Å². The highest BCUT2D eigenvalue weighted by Gasteiger charge is 2.05. The third kappa shape index (κ3) is 4.89. The maximum atomic E-state index is 11.7. The molecule has 2 aromatic carbocycles. The van der Waals surface area contributed by atoms with Gasteiger partial charge in [0, 0.05) is 16.7 Å². The number of carbonyl (C=O) groups excluding carboxylic acids is 1. The summed E-state index contributed by atoms with van der Waals surface area (Å²) in [5.41, 5.74) is 3.61. The summed E-state index contributed by atoms with van der Waals surface area (Å²) in [5, 5.41) is 14.2. The van der Waals surface area contributed by atoms with Crippen molar-refractivity contribution in [2.75, 3.05) is 13.7 Å². The Morgan fingerprint density at radius 2 is 2.12 bits per heavy atom. The van der Waals surface area contributed by atoms with Gasteiger partial charge in [-0.25, -0.2) is 5.43 Å². The number of rotatable bonds is 6. The lowest BCUT2D eigenvalue weighted by molar-refractivity contribution is -0.123. The summed E-state index contributed by atoms with van der Waals surface area (Å²) in [7, 11) is 1.51. The van der Waals surface area contributed by atoms with Crippen LogP contribution < -0.4 is 14.9 Å². The molecule has 0 spiro atoms. The molecule has 0 atom stereocenters. The number of benzene rings is 2.